The van der Waals surface area contributed by atoms with Crippen molar-refractivity contribution in [3.8, 4) is 66.8 Å². The Hall–Kier alpha value is -8.62. The summed E-state index contributed by atoms with van der Waals surface area (Å²) in [6.45, 7) is 0. The Balaban J connectivity index is 0.841. The molecule has 69 heavy (non-hydrogen) atoms. The summed E-state index contributed by atoms with van der Waals surface area (Å²) >= 11 is 1.90. The van der Waals surface area contributed by atoms with Crippen LogP contribution in [0.3, 0.4) is 0 Å². The minimum Gasteiger partial charge on any atom is -0.135 e. The van der Waals surface area contributed by atoms with Gasteiger partial charge in [0.2, 0.25) is 0 Å². The molecule has 15 aromatic rings. The molecule has 0 aliphatic heterocycles. The van der Waals surface area contributed by atoms with Gasteiger partial charge in [-0.1, -0.05) is 231 Å². The number of benzene rings is 14. The average molecular weight is 889 g/mol. The second-order valence-electron chi connectivity index (χ2n) is 18.6. The molecular formula is C68H40S. The van der Waals surface area contributed by atoms with Crippen LogP contribution in [-0.2, 0) is 0 Å². The molecule has 14 aromatic carbocycles. The lowest BCUT2D eigenvalue weighted by atomic mass is 9.85. The number of hydrogen-bond donors (Lipinski definition) is 0. The van der Waals surface area contributed by atoms with Gasteiger partial charge >= 0.3 is 0 Å². The lowest BCUT2D eigenvalue weighted by molar-refractivity contribution is 1.60. The molecule has 0 aliphatic rings. The molecule has 0 fully saturated rings. The molecule has 0 radical (unpaired) electrons. The highest BCUT2D eigenvalue weighted by Crippen LogP contribution is 2.48. The first-order chi connectivity index (χ1) is 34.2. The average Bonchev–Trinajstić information content (AvgIpc) is 3.79. The van der Waals surface area contributed by atoms with Crippen LogP contribution in [0.15, 0.2) is 243 Å². The molecule has 0 nitrogen and oxygen atoms in total. The summed E-state index contributed by atoms with van der Waals surface area (Å²) in [5.41, 5.74) is 15.1. The van der Waals surface area contributed by atoms with Gasteiger partial charge in [-0.3, -0.25) is 0 Å². The van der Waals surface area contributed by atoms with E-state index in [1.807, 2.05) is 11.3 Å². The molecule has 0 amide bonds. The number of hydrogen-bond acceptors (Lipinski definition) is 1. The SMILES string of the molecule is c1ccc(-c2ccccc2-c2ccc3ccc4c(-c5ccc6c(c5)sc5cc(-c7ccc8ccc9c(-c%10ccccc%10-c%10ccccc%10)ccc%10ccc7c8c%109)ccc56)ccc5ccc2c3c54)cc1. The van der Waals surface area contributed by atoms with Crippen LogP contribution in [0.25, 0.3) is 152 Å². The van der Waals surface area contributed by atoms with Gasteiger partial charge in [-0.2, -0.15) is 0 Å². The normalized spacial score (nSPS) is 12.1. The van der Waals surface area contributed by atoms with Gasteiger partial charge in [-0.25, -0.2) is 0 Å². The number of fused-ring (bicyclic) bond motifs is 3. The van der Waals surface area contributed by atoms with E-state index in [9.17, 15) is 0 Å². The lowest BCUT2D eigenvalue weighted by Gasteiger charge is -2.18. The molecular weight excluding hydrogens is 849 g/mol. The van der Waals surface area contributed by atoms with E-state index in [-0.39, 0.29) is 0 Å². The fourth-order valence-corrected chi connectivity index (χ4v) is 13.0. The fraction of sp³-hybridized carbons (Fsp3) is 0. The summed E-state index contributed by atoms with van der Waals surface area (Å²) in [6, 6.07) is 90.7. The van der Waals surface area contributed by atoms with Gasteiger partial charge in [0.15, 0.2) is 0 Å². The van der Waals surface area contributed by atoms with Crippen molar-refractivity contribution >= 4 is 96.1 Å². The molecule has 0 spiro atoms. The van der Waals surface area contributed by atoms with Crippen molar-refractivity contribution in [1.29, 1.82) is 0 Å². The third-order valence-corrected chi connectivity index (χ3v) is 16.1. The molecule has 1 heteroatoms. The van der Waals surface area contributed by atoms with Crippen LogP contribution in [0.2, 0.25) is 0 Å². The molecule has 0 saturated heterocycles. The Labute approximate surface area is 403 Å². The van der Waals surface area contributed by atoms with Gasteiger partial charge in [0.05, 0.1) is 0 Å². The topological polar surface area (TPSA) is 0 Å². The van der Waals surface area contributed by atoms with Gasteiger partial charge in [0.1, 0.15) is 0 Å². The molecule has 0 unspecified atom stereocenters. The van der Waals surface area contributed by atoms with Crippen molar-refractivity contribution in [2.75, 3.05) is 0 Å². The Morgan fingerprint density at radius 1 is 0.188 bits per heavy atom. The van der Waals surface area contributed by atoms with Crippen LogP contribution < -0.4 is 0 Å². The van der Waals surface area contributed by atoms with Crippen LogP contribution in [0.1, 0.15) is 0 Å². The first-order valence-corrected chi connectivity index (χ1v) is 24.7. The standard InChI is InChI=1S/C68H40S/c1-3-11-41(12-4-1)49-15-7-9-17-53(49)55-31-21-45-23-35-59-51(29-19-43-25-37-61(55)67(45)65(43)59)47-27-33-57-58-34-28-48(40-64(58)69-63(57)39-47)52-30-20-44-26-38-62-56(32-22-46-24-36-60(52)66(44)68(46)62)54-18-10-8-16-50(54)42-13-5-2-6-14-42/h1-40H. The Morgan fingerprint density at radius 3 is 0.884 bits per heavy atom. The van der Waals surface area contributed by atoms with Crippen LogP contribution in [0.4, 0.5) is 0 Å². The summed E-state index contributed by atoms with van der Waals surface area (Å²) in [4.78, 5) is 0. The molecule has 0 saturated carbocycles. The van der Waals surface area contributed by atoms with E-state index in [1.54, 1.807) is 0 Å². The summed E-state index contributed by atoms with van der Waals surface area (Å²) in [5.74, 6) is 0. The minimum absolute atomic E-state index is 1.23. The zero-order valence-electron chi connectivity index (χ0n) is 37.5. The van der Waals surface area contributed by atoms with E-state index in [2.05, 4.69) is 243 Å². The molecule has 1 heterocycles. The maximum Gasteiger partial charge on any atom is 0.0361 e. The van der Waals surface area contributed by atoms with Gasteiger partial charge in [-0.15, -0.1) is 11.3 Å². The minimum atomic E-state index is 1.23. The fourth-order valence-electron chi connectivity index (χ4n) is 11.9. The van der Waals surface area contributed by atoms with Crippen molar-refractivity contribution < 1.29 is 0 Å². The molecule has 0 atom stereocenters. The molecule has 15 rings (SSSR count). The Kier molecular flexibility index (Phi) is 8.33. The predicted octanol–water partition coefficient (Wildman–Crippen LogP) is 19.9. The first-order valence-electron chi connectivity index (χ1n) is 23.9. The lowest BCUT2D eigenvalue weighted by Crippen LogP contribution is -1.91. The maximum absolute atomic E-state index is 2.43. The second kappa shape index (κ2) is 14.9. The van der Waals surface area contributed by atoms with Crippen LogP contribution in [0, 0.1) is 0 Å². The zero-order valence-corrected chi connectivity index (χ0v) is 38.3. The summed E-state index contributed by atoms with van der Waals surface area (Å²) < 4.78 is 2.62. The largest absolute Gasteiger partial charge is 0.135 e. The van der Waals surface area contributed by atoms with Crippen LogP contribution >= 0.6 is 11.3 Å². The second-order valence-corrected chi connectivity index (χ2v) is 19.7. The van der Waals surface area contributed by atoms with Crippen molar-refractivity contribution in [3.63, 3.8) is 0 Å². The van der Waals surface area contributed by atoms with Gasteiger partial charge in [-0.05, 0) is 144 Å². The Bertz CT molecular complexity index is 4230. The van der Waals surface area contributed by atoms with Gasteiger partial charge in [0, 0.05) is 20.2 Å². The van der Waals surface area contributed by atoms with E-state index in [4.69, 9.17) is 0 Å². The zero-order chi connectivity index (χ0) is 45.2. The van der Waals surface area contributed by atoms with Crippen molar-refractivity contribution in [2.45, 2.75) is 0 Å². The maximum atomic E-state index is 2.43. The highest BCUT2D eigenvalue weighted by atomic mass is 32.1. The highest BCUT2D eigenvalue weighted by molar-refractivity contribution is 7.25. The number of rotatable bonds is 6. The molecule has 0 aliphatic carbocycles. The smallest absolute Gasteiger partial charge is 0.0361 e. The van der Waals surface area contributed by atoms with Crippen molar-refractivity contribution in [2.24, 2.45) is 0 Å². The van der Waals surface area contributed by atoms with Crippen molar-refractivity contribution in [1.82, 2.24) is 0 Å². The Morgan fingerprint density at radius 2 is 0.493 bits per heavy atom. The summed E-state index contributed by atoms with van der Waals surface area (Å²) in [5, 5.41) is 18.2. The van der Waals surface area contributed by atoms with E-state index in [1.165, 1.54) is 152 Å². The molecule has 0 bridgehead atoms. The molecule has 318 valence electrons. The third kappa shape index (κ3) is 5.81. The number of thiophene rings is 1. The van der Waals surface area contributed by atoms with E-state index in [0.717, 1.165) is 0 Å². The predicted molar refractivity (Wildman–Crippen MR) is 299 cm³/mol. The molecule has 1 aromatic heterocycles. The van der Waals surface area contributed by atoms with Crippen LogP contribution in [-0.4, -0.2) is 0 Å². The van der Waals surface area contributed by atoms with Gasteiger partial charge < -0.3 is 0 Å². The quantitative estimate of drug-likeness (QED) is 0.146. The molecule has 0 N–H and O–H groups in total. The van der Waals surface area contributed by atoms with Crippen LogP contribution in [0.5, 0.6) is 0 Å². The first kappa shape index (κ1) is 38.5. The third-order valence-electron chi connectivity index (χ3n) is 15.0. The monoisotopic (exact) mass is 888 g/mol. The highest BCUT2D eigenvalue weighted by Gasteiger charge is 2.20. The van der Waals surface area contributed by atoms with Gasteiger partial charge in [0.25, 0.3) is 0 Å². The summed E-state index contributed by atoms with van der Waals surface area (Å²) in [6.07, 6.45) is 0. The van der Waals surface area contributed by atoms with E-state index < -0.39 is 0 Å². The van der Waals surface area contributed by atoms with E-state index in [0.29, 0.717) is 0 Å². The van der Waals surface area contributed by atoms with Crippen molar-refractivity contribution in [3.05, 3.63) is 243 Å². The van der Waals surface area contributed by atoms with E-state index >= 15 is 0 Å². The summed E-state index contributed by atoms with van der Waals surface area (Å²) in [7, 11) is 0.